The molecule has 5 heteroatoms. The highest BCUT2D eigenvalue weighted by Crippen LogP contribution is 2.47. The van der Waals surface area contributed by atoms with Crippen molar-refractivity contribution in [1.82, 2.24) is 0 Å². The third kappa shape index (κ3) is 3.56. The van der Waals surface area contributed by atoms with Gasteiger partial charge in [-0.3, -0.25) is 4.79 Å². The average molecular weight is 378 g/mol. The second kappa shape index (κ2) is 7.17. The minimum Gasteiger partial charge on any atom is -0.454 e. The molecule has 1 aliphatic rings. The first-order valence-corrected chi connectivity index (χ1v) is 9.51. The van der Waals surface area contributed by atoms with Gasteiger partial charge in [-0.15, -0.1) is 0 Å². The summed E-state index contributed by atoms with van der Waals surface area (Å²) in [5.74, 6) is -1.17. The topological polar surface area (TPSA) is 26.3 Å². The largest absolute Gasteiger partial charge is 0.454 e. The van der Waals surface area contributed by atoms with Crippen LogP contribution in [0.15, 0.2) is 42.5 Å². The van der Waals surface area contributed by atoms with Gasteiger partial charge in [0, 0.05) is 0 Å². The number of ether oxygens (including phenoxy) is 1. The smallest absolute Gasteiger partial charge is 0.404 e. The third-order valence-electron chi connectivity index (χ3n) is 6.01. The summed E-state index contributed by atoms with van der Waals surface area (Å²) in [5, 5.41) is 2.04. The van der Waals surface area contributed by atoms with Crippen LogP contribution in [0.2, 0.25) is 0 Å². The number of hydrogen-bond donors (Lipinski definition) is 0. The standard InChI is InChI=1S/C22H25F3O2/c1-3-20(2,22(23,24)25)19(26)27-21(13-7-4-8-14-21)18-12-11-16-9-5-6-10-17(16)15-18/h5-6,9-12,15H,3-4,7-8,13-14H2,1-2H3. The molecule has 146 valence electrons. The summed E-state index contributed by atoms with van der Waals surface area (Å²) in [4.78, 5) is 12.7. The van der Waals surface area contributed by atoms with Crippen LogP contribution in [-0.2, 0) is 15.1 Å². The first kappa shape index (κ1) is 19.7. The number of carbonyl (C=O) groups is 1. The van der Waals surface area contributed by atoms with Gasteiger partial charge in [-0.1, -0.05) is 49.7 Å². The number of esters is 1. The second-order valence-electron chi connectivity index (χ2n) is 7.69. The van der Waals surface area contributed by atoms with Crippen molar-refractivity contribution in [2.45, 2.75) is 64.1 Å². The van der Waals surface area contributed by atoms with Gasteiger partial charge in [0.1, 0.15) is 5.60 Å². The molecular formula is C22H25F3O2. The molecule has 0 saturated heterocycles. The summed E-state index contributed by atoms with van der Waals surface area (Å²) in [5.41, 5.74) is -2.69. The molecule has 2 aromatic carbocycles. The number of benzene rings is 2. The monoisotopic (exact) mass is 378 g/mol. The molecule has 27 heavy (non-hydrogen) atoms. The zero-order valence-corrected chi connectivity index (χ0v) is 15.7. The molecular weight excluding hydrogens is 353 g/mol. The Morgan fingerprint density at radius 3 is 2.26 bits per heavy atom. The van der Waals surface area contributed by atoms with E-state index in [1.54, 1.807) is 0 Å². The van der Waals surface area contributed by atoms with Crippen LogP contribution in [0.1, 0.15) is 57.9 Å². The maximum atomic E-state index is 13.5. The fraction of sp³-hybridized carbons (Fsp3) is 0.500. The van der Waals surface area contributed by atoms with Gasteiger partial charge >= 0.3 is 12.1 Å². The predicted octanol–water partition coefficient (Wildman–Crippen LogP) is 6.52. The molecule has 1 unspecified atom stereocenters. The van der Waals surface area contributed by atoms with Crippen molar-refractivity contribution in [3.8, 4) is 0 Å². The fourth-order valence-electron chi connectivity index (χ4n) is 3.80. The highest BCUT2D eigenvalue weighted by molar-refractivity contribution is 5.83. The van der Waals surface area contributed by atoms with E-state index in [1.165, 1.54) is 6.92 Å². The summed E-state index contributed by atoms with van der Waals surface area (Å²) in [7, 11) is 0. The van der Waals surface area contributed by atoms with Crippen LogP contribution in [0.25, 0.3) is 10.8 Å². The molecule has 1 aliphatic carbocycles. The van der Waals surface area contributed by atoms with E-state index in [0.29, 0.717) is 12.8 Å². The van der Waals surface area contributed by atoms with Gasteiger partial charge in [-0.25, -0.2) is 0 Å². The summed E-state index contributed by atoms with van der Waals surface area (Å²) in [6.45, 7) is 2.31. The van der Waals surface area contributed by atoms with E-state index in [9.17, 15) is 18.0 Å². The molecule has 0 radical (unpaired) electrons. The van der Waals surface area contributed by atoms with Crippen LogP contribution in [0.4, 0.5) is 13.2 Å². The van der Waals surface area contributed by atoms with Crippen LogP contribution < -0.4 is 0 Å². The van der Waals surface area contributed by atoms with E-state index >= 15 is 0 Å². The van der Waals surface area contributed by atoms with Crippen LogP contribution in [0.3, 0.4) is 0 Å². The van der Waals surface area contributed by atoms with E-state index in [-0.39, 0.29) is 6.42 Å². The molecule has 0 N–H and O–H groups in total. The van der Waals surface area contributed by atoms with Gasteiger partial charge in [0.25, 0.3) is 0 Å². The molecule has 0 spiro atoms. The predicted molar refractivity (Wildman–Crippen MR) is 99.3 cm³/mol. The van der Waals surface area contributed by atoms with E-state index in [4.69, 9.17) is 4.74 Å². The van der Waals surface area contributed by atoms with Crippen LogP contribution in [-0.4, -0.2) is 12.1 Å². The van der Waals surface area contributed by atoms with Gasteiger partial charge < -0.3 is 4.74 Å². The Bertz CT molecular complexity index is 822. The van der Waals surface area contributed by atoms with Gasteiger partial charge in [0.15, 0.2) is 5.41 Å². The molecule has 0 amide bonds. The Kier molecular flexibility index (Phi) is 5.24. The molecule has 0 bridgehead atoms. The summed E-state index contributed by atoms with van der Waals surface area (Å²) < 4.78 is 46.4. The van der Waals surface area contributed by atoms with E-state index in [2.05, 4.69) is 0 Å². The minimum atomic E-state index is -4.64. The van der Waals surface area contributed by atoms with Crippen molar-refractivity contribution in [2.75, 3.05) is 0 Å². The number of fused-ring (bicyclic) bond motifs is 1. The lowest BCUT2D eigenvalue weighted by Gasteiger charge is -2.40. The summed E-state index contributed by atoms with van der Waals surface area (Å²) in [6.07, 6.45) is -1.23. The third-order valence-corrected chi connectivity index (χ3v) is 6.01. The lowest BCUT2D eigenvalue weighted by Crippen LogP contribution is -2.47. The molecule has 1 fully saturated rings. The summed E-state index contributed by atoms with van der Waals surface area (Å²) in [6, 6.07) is 13.6. The Morgan fingerprint density at radius 1 is 1.04 bits per heavy atom. The van der Waals surface area contributed by atoms with Crippen molar-refractivity contribution in [3.63, 3.8) is 0 Å². The molecule has 0 aliphatic heterocycles. The van der Waals surface area contributed by atoms with Crippen molar-refractivity contribution < 1.29 is 22.7 Å². The van der Waals surface area contributed by atoms with Crippen molar-refractivity contribution >= 4 is 16.7 Å². The number of rotatable bonds is 4. The second-order valence-corrected chi connectivity index (χ2v) is 7.69. The normalized spacial score (nSPS) is 19.4. The van der Waals surface area contributed by atoms with Crippen molar-refractivity contribution in [2.24, 2.45) is 5.41 Å². The quantitative estimate of drug-likeness (QED) is 0.566. The Labute approximate surface area is 157 Å². The van der Waals surface area contributed by atoms with Crippen LogP contribution in [0.5, 0.6) is 0 Å². The minimum absolute atomic E-state index is 0.344. The van der Waals surface area contributed by atoms with Gasteiger partial charge in [-0.2, -0.15) is 13.2 Å². The van der Waals surface area contributed by atoms with E-state index in [1.807, 2.05) is 42.5 Å². The number of alkyl halides is 3. The number of halogens is 3. The van der Waals surface area contributed by atoms with Gasteiger partial charge in [0.05, 0.1) is 0 Å². The van der Waals surface area contributed by atoms with Crippen LogP contribution in [0, 0.1) is 5.41 Å². The maximum Gasteiger partial charge on any atom is 0.404 e. The molecule has 1 atom stereocenters. The van der Waals surface area contributed by atoms with Crippen LogP contribution >= 0.6 is 0 Å². The maximum absolute atomic E-state index is 13.5. The Balaban J connectivity index is 2.01. The van der Waals surface area contributed by atoms with E-state index in [0.717, 1.165) is 42.5 Å². The molecule has 3 rings (SSSR count). The lowest BCUT2D eigenvalue weighted by atomic mass is 9.78. The highest BCUT2D eigenvalue weighted by Gasteiger charge is 2.58. The van der Waals surface area contributed by atoms with E-state index < -0.39 is 23.2 Å². The van der Waals surface area contributed by atoms with Gasteiger partial charge in [-0.05, 0) is 61.4 Å². The lowest BCUT2D eigenvalue weighted by molar-refractivity contribution is -0.240. The number of hydrogen-bond acceptors (Lipinski definition) is 2. The molecule has 1 saturated carbocycles. The van der Waals surface area contributed by atoms with Gasteiger partial charge in [0.2, 0.25) is 0 Å². The van der Waals surface area contributed by atoms with Crippen molar-refractivity contribution in [1.29, 1.82) is 0 Å². The first-order chi connectivity index (χ1) is 12.7. The van der Waals surface area contributed by atoms with Crippen molar-refractivity contribution in [3.05, 3.63) is 48.0 Å². The zero-order chi connectivity index (χ0) is 19.7. The molecule has 2 aromatic rings. The average Bonchev–Trinajstić information content (AvgIpc) is 2.66. The first-order valence-electron chi connectivity index (χ1n) is 9.51. The molecule has 0 heterocycles. The SMILES string of the molecule is CCC(C)(C(=O)OC1(c2ccc3ccccc3c2)CCCCC1)C(F)(F)F. The summed E-state index contributed by atoms with van der Waals surface area (Å²) >= 11 is 0. The Hall–Kier alpha value is -2.04. The number of carbonyl (C=O) groups excluding carboxylic acids is 1. The fourth-order valence-corrected chi connectivity index (χ4v) is 3.80. The zero-order valence-electron chi connectivity index (χ0n) is 15.7. The highest BCUT2D eigenvalue weighted by atomic mass is 19.4. The molecule has 0 aromatic heterocycles. The Morgan fingerprint density at radius 2 is 1.67 bits per heavy atom. The molecule has 2 nitrogen and oxygen atoms in total.